The fourth-order valence-corrected chi connectivity index (χ4v) is 1.63. The Labute approximate surface area is 76.2 Å². The predicted molar refractivity (Wildman–Crippen MR) is 50.1 cm³/mol. The molecule has 0 bridgehead atoms. The fraction of sp³-hybridized carbons (Fsp3) is 0.444. The van der Waals surface area contributed by atoms with Crippen LogP contribution in [0, 0.1) is 0 Å². The highest BCUT2D eigenvalue weighted by atomic mass is 32.1. The standard InChI is InChI=1S/C9H12O2S/c1-6(2)11-8-4-5-12-9(8)7(3)10/h4-6H,1-3H3. The summed E-state index contributed by atoms with van der Waals surface area (Å²) in [6, 6.07) is 1.83. The number of Topliss-reactive ketones (excluding diaryl/α,β-unsaturated/α-hetero) is 1. The Balaban J connectivity index is 2.84. The lowest BCUT2D eigenvalue weighted by Crippen LogP contribution is -2.06. The average Bonchev–Trinajstić information content (AvgIpc) is 2.33. The summed E-state index contributed by atoms with van der Waals surface area (Å²) in [4.78, 5) is 11.8. The largest absolute Gasteiger partial charge is 0.489 e. The molecule has 12 heavy (non-hydrogen) atoms. The predicted octanol–water partition coefficient (Wildman–Crippen LogP) is 2.74. The highest BCUT2D eigenvalue weighted by Gasteiger charge is 2.10. The van der Waals surface area contributed by atoms with Gasteiger partial charge in [0.05, 0.1) is 6.10 Å². The SMILES string of the molecule is CC(=O)c1sccc1OC(C)C. The van der Waals surface area contributed by atoms with Gasteiger partial charge in [-0.25, -0.2) is 0 Å². The van der Waals surface area contributed by atoms with Gasteiger partial charge in [-0.15, -0.1) is 11.3 Å². The third-order valence-electron chi connectivity index (χ3n) is 1.31. The van der Waals surface area contributed by atoms with Crippen LogP contribution in [-0.4, -0.2) is 11.9 Å². The molecule has 0 amide bonds. The number of hydrogen-bond acceptors (Lipinski definition) is 3. The maximum atomic E-state index is 11.0. The first-order chi connectivity index (χ1) is 5.61. The molecule has 0 aliphatic rings. The van der Waals surface area contributed by atoms with Crippen molar-refractivity contribution >= 4 is 17.1 Å². The van der Waals surface area contributed by atoms with E-state index in [1.54, 1.807) is 6.92 Å². The van der Waals surface area contributed by atoms with Crippen LogP contribution in [0.2, 0.25) is 0 Å². The van der Waals surface area contributed by atoms with Crippen LogP contribution >= 0.6 is 11.3 Å². The second kappa shape index (κ2) is 3.72. The number of rotatable bonds is 3. The molecule has 0 spiro atoms. The molecule has 0 radical (unpaired) electrons. The summed E-state index contributed by atoms with van der Waals surface area (Å²) in [6.45, 7) is 5.45. The van der Waals surface area contributed by atoms with Crippen molar-refractivity contribution in [2.24, 2.45) is 0 Å². The van der Waals surface area contributed by atoms with Crippen LogP contribution in [0.25, 0.3) is 0 Å². The molecule has 0 aromatic carbocycles. The maximum absolute atomic E-state index is 11.0. The number of ketones is 1. The first-order valence-corrected chi connectivity index (χ1v) is 4.74. The molecule has 0 fully saturated rings. The molecule has 0 saturated carbocycles. The molecule has 3 heteroatoms. The highest BCUT2D eigenvalue weighted by Crippen LogP contribution is 2.25. The molecule has 1 rings (SSSR count). The lowest BCUT2D eigenvalue weighted by Gasteiger charge is -2.08. The van der Waals surface area contributed by atoms with E-state index in [9.17, 15) is 4.79 Å². The zero-order valence-corrected chi connectivity index (χ0v) is 8.27. The van der Waals surface area contributed by atoms with Gasteiger partial charge >= 0.3 is 0 Å². The molecular weight excluding hydrogens is 172 g/mol. The van der Waals surface area contributed by atoms with E-state index in [4.69, 9.17) is 4.74 Å². The first kappa shape index (κ1) is 9.26. The highest BCUT2D eigenvalue weighted by molar-refractivity contribution is 7.12. The maximum Gasteiger partial charge on any atom is 0.173 e. The Morgan fingerprint density at radius 1 is 1.58 bits per heavy atom. The van der Waals surface area contributed by atoms with Crippen molar-refractivity contribution in [3.05, 3.63) is 16.3 Å². The van der Waals surface area contributed by atoms with Crippen molar-refractivity contribution in [3.63, 3.8) is 0 Å². The van der Waals surface area contributed by atoms with Gasteiger partial charge in [-0.3, -0.25) is 4.79 Å². The normalized spacial score (nSPS) is 10.3. The summed E-state index contributed by atoms with van der Waals surface area (Å²) in [5.41, 5.74) is 0. The number of carbonyl (C=O) groups is 1. The van der Waals surface area contributed by atoms with Crippen LogP contribution in [0.5, 0.6) is 5.75 Å². The Hall–Kier alpha value is -0.830. The summed E-state index contributed by atoms with van der Waals surface area (Å²) < 4.78 is 5.44. The van der Waals surface area contributed by atoms with Gasteiger partial charge in [0.15, 0.2) is 5.78 Å². The van der Waals surface area contributed by atoms with E-state index in [1.807, 2.05) is 25.3 Å². The van der Waals surface area contributed by atoms with Crippen molar-refractivity contribution in [1.82, 2.24) is 0 Å². The van der Waals surface area contributed by atoms with E-state index >= 15 is 0 Å². The van der Waals surface area contributed by atoms with E-state index < -0.39 is 0 Å². The Kier molecular flexibility index (Phi) is 2.87. The zero-order valence-electron chi connectivity index (χ0n) is 7.46. The van der Waals surface area contributed by atoms with Gasteiger partial charge < -0.3 is 4.74 Å². The summed E-state index contributed by atoms with van der Waals surface area (Å²) in [5, 5.41) is 1.87. The minimum atomic E-state index is 0.0700. The molecule has 0 aliphatic carbocycles. The third-order valence-corrected chi connectivity index (χ3v) is 2.31. The zero-order chi connectivity index (χ0) is 9.14. The van der Waals surface area contributed by atoms with Gasteiger partial charge in [0, 0.05) is 6.92 Å². The van der Waals surface area contributed by atoms with E-state index in [0.717, 1.165) is 0 Å². The van der Waals surface area contributed by atoms with Crippen LogP contribution in [-0.2, 0) is 0 Å². The summed E-state index contributed by atoms with van der Waals surface area (Å²) >= 11 is 1.43. The third kappa shape index (κ3) is 2.08. The molecule has 0 unspecified atom stereocenters. The Morgan fingerprint density at radius 3 is 2.75 bits per heavy atom. The molecule has 0 N–H and O–H groups in total. The van der Waals surface area contributed by atoms with Crippen LogP contribution in [0.4, 0.5) is 0 Å². The number of carbonyl (C=O) groups excluding carboxylic acids is 1. The van der Waals surface area contributed by atoms with E-state index in [0.29, 0.717) is 10.6 Å². The van der Waals surface area contributed by atoms with Crippen molar-refractivity contribution in [1.29, 1.82) is 0 Å². The van der Waals surface area contributed by atoms with Gasteiger partial charge in [-0.2, -0.15) is 0 Å². The monoisotopic (exact) mass is 184 g/mol. The Bertz CT molecular complexity index is 276. The molecule has 1 aromatic heterocycles. The molecular formula is C9H12O2S. The fourth-order valence-electron chi connectivity index (χ4n) is 0.901. The van der Waals surface area contributed by atoms with Gasteiger partial charge in [0.2, 0.25) is 0 Å². The van der Waals surface area contributed by atoms with E-state index in [-0.39, 0.29) is 11.9 Å². The van der Waals surface area contributed by atoms with Gasteiger partial charge in [-0.1, -0.05) is 0 Å². The molecule has 0 atom stereocenters. The van der Waals surface area contributed by atoms with Crippen molar-refractivity contribution in [3.8, 4) is 5.75 Å². The first-order valence-electron chi connectivity index (χ1n) is 3.86. The molecule has 2 nitrogen and oxygen atoms in total. The quantitative estimate of drug-likeness (QED) is 0.675. The number of ether oxygens (including phenoxy) is 1. The van der Waals surface area contributed by atoms with Crippen molar-refractivity contribution in [2.45, 2.75) is 26.9 Å². The molecule has 1 aromatic rings. The van der Waals surface area contributed by atoms with Crippen LogP contribution in [0.3, 0.4) is 0 Å². The van der Waals surface area contributed by atoms with Crippen molar-refractivity contribution < 1.29 is 9.53 Å². The minimum absolute atomic E-state index is 0.0700. The van der Waals surface area contributed by atoms with Crippen LogP contribution in [0.15, 0.2) is 11.4 Å². The molecule has 0 aliphatic heterocycles. The topological polar surface area (TPSA) is 26.3 Å². The number of hydrogen-bond donors (Lipinski definition) is 0. The van der Waals surface area contributed by atoms with Crippen LogP contribution < -0.4 is 4.74 Å². The Morgan fingerprint density at radius 2 is 2.25 bits per heavy atom. The smallest absolute Gasteiger partial charge is 0.173 e. The molecule has 1 heterocycles. The summed E-state index contributed by atoms with van der Waals surface area (Å²) in [6.07, 6.45) is 0.123. The van der Waals surface area contributed by atoms with E-state index in [2.05, 4.69) is 0 Å². The molecule has 66 valence electrons. The van der Waals surface area contributed by atoms with Crippen molar-refractivity contribution in [2.75, 3.05) is 0 Å². The van der Waals surface area contributed by atoms with Gasteiger partial charge in [0.1, 0.15) is 10.6 Å². The molecule has 0 saturated heterocycles. The van der Waals surface area contributed by atoms with Gasteiger partial charge in [0.25, 0.3) is 0 Å². The summed E-state index contributed by atoms with van der Waals surface area (Å²) in [5.74, 6) is 0.781. The number of thiophene rings is 1. The van der Waals surface area contributed by atoms with Crippen LogP contribution in [0.1, 0.15) is 30.4 Å². The van der Waals surface area contributed by atoms with E-state index in [1.165, 1.54) is 11.3 Å². The second-order valence-corrected chi connectivity index (χ2v) is 3.75. The van der Waals surface area contributed by atoms with Gasteiger partial charge in [-0.05, 0) is 25.3 Å². The second-order valence-electron chi connectivity index (χ2n) is 2.84. The average molecular weight is 184 g/mol. The lowest BCUT2D eigenvalue weighted by molar-refractivity contribution is 0.101. The lowest BCUT2D eigenvalue weighted by atomic mass is 10.3. The minimum Gasteiger partial charge on any atom is -0.489 e. The summed E-state index contributed by atoms with van der Waals surface area (Å²) in [7, 11) is 0.